The second-order valence-electron chi connectivity index (χ2n) is 8.33. The van der Waals surface area contributed by atoms with Crippen LogP contribution in [-0.2, 0) is 4.79 Å². The third-order valence-corrected chi connectivity index (χ3v) is 6.10. The second-order valence-corrected chi connectivity index (χ2v) is 8.33. The van der Waals surface area contributed by atoms with Crippen LogP contribution in [-0.4, -0.2) is 36.5 Å². The molecule has 1 unspecified atom stereocenters. The SMILES string of the molecule is Cc1cccc(C(C)C)c1NC(=O)C(C)N1C[C@@H](CN)[C@H](c2ccccc2)C1.Cl. The molecule has 3 N–H and O–H groups in total. The Balaban J connectivity index is 0.00000300. The number of hydrogen-bond donors (Lipinski definition) is 2. The van der Waals surface area contributed by atoms with Gasteiger partial charge >= 0.3 is 0 Å². The lowest BCUT2D eigenvalue weighted by Crippen LogP contribution is -2.41. The van der Waals surface area contributed by atoms with Crippen molar-refractivity contribution < 1.29 is 4.79 Å². The minimum absolute atomic E-state index is 0. The fourth-order valence-electron chi connectivity index (χ4n) is 4.27. The Bertz CT molecular complexity index is 809. The zero-order chi connectivity index (χ0) is 20.3. The van der Waals surface area contributed by atoms with Crippen LogP contribution in [0.2, 0.25) is 0 Å². The number of benzene rings is 2. The van der Waals surface area contributed by atoms with Crippen molar-refractivity contribution in [3.05, 3.63) is 65.2 Å². The topological polar surface area (TPSA) is 58.4 Å². The van der Waals surface area contributed by atoms with Crippen LogP contribution < -0.4 is 11.1 Å². The van der Waals surface area contributed by atoms with Gasteiger partial charge in [-0.05, 0) is 48.9 Å². The summed E-state index contributed by atoms with van der Waals surface area (Å²) in [7, 11) is 0. The Hall–Kier alpha value is -1.88. The van der Waals surface area contributed by atoms with Crippen molar-refractivity contribution in [1.82, 2.24) is 4.90 Å². The molecule has 1 amide bonds. The van der Waals surface area contributed by atoms with E-state index in [9.17, 15) is 4.79 Å². The van der Waals surface area contributed by atoms with Crippen molar-refractivity contribution >= 4 is 24.0 Å². The highest BCUT2D eigenvalue weighted by molar-refractivity contribution is 5.96. The highest BCUT2D eigenvalue weighted by atomic mass is 35.5. The maximum absolute atomic E-state index is 13.1. The summed E-state index contributed by atoms with van der Waals surface area (Å²) >= 11 is 0. The van der Waals surface area contributed by atoms with Gasteiger partial charge in [-0.25, -0.2) is 0 Å². The molecule has 4 nitrogen and oxygen atoms in total. The molecule has 2 aromatic rings. The van der Waals surface area contributed by atoms with E-state index < -0.39 is 0 Å². The van der Waals surface area contributed by atoms with Gasteiger partial charge in [-0.2, -0.15) is 0 Å². The molecule has 0 saturated carbocycles. The lowest BCUT2D eigenvalue weighted by atomic mass is 9.89. The standard InChI is InChI=1S/C24H33N3O.ClH/c1-16(2)21-12-8-9-17(3)23(21)26-24(28)18(4)27-14-20(13-25)22(15-27)19-10-6-5-7-11-19;/h5-12,16,18,20,22H,13-15,25H2,1-4H3,(H,26,28);1H/t18?,20-,22+;/m1./s1. The summed E-state index contributed by atoms with van der Waals surface area (Å²) in [6.45, 7) is 10.7. The molecular weight excluding hydrogens is 382 g/mol. The number of anilines is 1. The number of nitrogens with zero attached hydrogens (tertiary/aromatic N) is 1. The number of rotatable bonds is 6. The summed E-state index contributed by atoms with van der Waals surface area (Å²) in [6, 6.07) is 16.6. The molecule has 0 radical (unpaired) electrons. The first-order valence-corrected chi connectivity index (χ1v) is 10.3. The van der Waals surface area contributed by atoms with Gasteiger partial charge in [-0.15, -0.1) is 12.4 Å². The average Bonchev–Trinajstić information content (AvgIpc) is 3.13. The van der Waals surface area contributed by atoms with E-state index in [2.05, 4.69) is 73.5 Å². The molecule has 1 heterocycles. The number of aryl methyl sites for hydroxylation is 1. The summed E-state index contributed by atoms with van der Waals surface area (Å²) in [5.74, 6) is 1.18. The van der Waals surface area contributed by atoms with Gasteiger partial charge < -0.3 is 11.1 Å². The van der Waals surface area contributed by atoms with Gasteiger partial charge in [-0.1, -0.05) is 62.4 Å². The van der Waals surface area contributed by atoms with Gasteiger partial charge in [0.15, 0.2) is 0 Å². The smallest absolute Gasteiger partial charge is 0.241 e. The molecular formula is C24H34ClN3O. The van der Waals surface area contributed by atoms with Crippen LogP contribution in [0.1, 0.15) is 49.3 Å². The molecule has 1 saturated heterocycles. The third-order valence-electron chi connectivity index (χ3n) is 6.10. The maximum atomic E-state index is 13.1. The first-order valence-electron chi connectivity index (χ1n) is 10.3. The highest BCUT2D eigenvalue weighted by Crippen LogP contribution is 2.34. The van der Waals surface area contributed by atoms with Crippen LogP contribution >= 0.6 is 12.4 Å². The zero-order valence-corrected chi connectivity index (χ0v) is 18.7. The van der Waals surface area contributed by atoms with Crippen LogP contribution in [0.25, 0.3) is 0 Å². The van der Waals surface area contributed by atoms with E-state index in [0.717, 1.165) is 24.3 Å². The molecule has 2 aromatic carbocycles. The monoisotopic (exact) mass is 415 g/mol. The predicted octanol–water partition coefficient (Wildman–Crippen LogP) is 4.54. The summed E-state index contributed by atoms with van der Waals surface area (Å²) in [6.07, 6.45) is 0. The minimum Gasteiger partial charge on any atom is -0.330 e. The second kappa shape index (κ2) is 10.2. The van der Waals surface area contributed by atoms with Crippen LogP contribution in [0.3, 0.4) is 0 Å². The molecule has 3 atom stereocenters. The van der Waals surface area contributed by atoms with Gasteiger partial charge in [0.1, 0.15) is 0 Å². The van der Waals surface area contributed by atoms with Crippen molar-refractivity contribution in [2.24, 2.45) is 11.7 Å². The number of likely N-dealkylation sites (tertiary alicyclic amines) is 1. The molecule has 0 bridgehead atoms. The van der Waals surface area contributed by atoms with E-state index in [1.165, 1.54) is 11.1 Å². The minimum atomic E-state index is -0.192. The zero-order valence-electron chi connectivity index (χ0n) is 17.9. The Labute approximate surface area is 181 Å². The summed E-state index contributed by atoms with van der Waals surface area (Å²) in [5.41, 5.74) is 10.6. The Morgan fingerprint density at radius 2 is 1.79 bits per heavy atom. The highest BCUT2D eigenvalue weighted by Gasteiger charge is 2.37. The lowest BCUT2D eigenvalue weighted by molar-refractivity contribution is -0.120. The van der Waals surface area contributed by atoms with Crippen molar-refractivity contribution in [1.29, 1.82) is 0 Å². The van der Waals surface area contributed by atoms with E-state index in [1.54, 1.807) is 0 Å². The summed E-state index contributed by atoms with van der Waals surface area (Å²) in [4.78, 5) is 15.4. The molecule has 0 spiro atoms. The number of amides is 1. The Morgan fingerprint density at radius 1 is 1.10 bits per heavy atom. The van der Waals surface area contributed by atoms with E-state index in [0.29, 0.717) is 24.3 Å². The van der Waals surface area contributed by atoms with Crippen LogP contribution in [0, 0.1) is 12.8 Å². The van der Waals surface area contributed by atoms with Crippen molar-refractivity contribution in [3.63, 3.8) is 0 Å². The van der Waals surface area contributed by atoms with E-state index in [1.807, 2.05) is 13.0 Å². The van der Waals surface area contributed by atoms with Crippen LogP contribution in [0.4, 0.5) is 5.69 Å². The fourth-order valence-corrected chi connectivity index (χ4v) is 4.27. The largest absolute Gasteiger partial charge is 0.330 e. The lowest BCUT2D eigenvalue weighted by Gasteiger charge is -2.25. The number of para-hydroxylation sites is 1. The van der Waals surface area contributed by atoms with Gasteiger partial charge in [0.25, 0.3) is 0 Å². The van der Waals surface area contributed by atoms with Gasteiger partial charge in [0, 0.05) is 24.7 Å². The molecule has 3 rings (SSSR count). The van der Waals surface area contributed by atoms with Crippen LogP contribution in [0.15, 0.2) is 48.5 Å². The van der Waals surface area contributed by atoms with E-state index in [-0.39, 0.29) is 24.4 Å². The normalized spacial score (nSPS) is 20.3. The molecule has 5 heteroatoms. The van der Waals surface area contributed by atoms with Crippen molar-refractivity contribution in [3.8, 4) is 0 Å². The third kappa shape index (κ3) is 5.19. The summed E-state index contributed by atoms with van der Waals surface area (Å²) < 4.78 is 0. The molecule has 29 heavy (non-hydrogen) atoms. The van der Waals surface area contributed by atoms with Gasteiger partial charge in [-0.3, -0.25) is 9.69 Å². The van der Waals surface area contributed by atoms with E-state index >= 15 is 0 Å². The summed E-state index contributed by atoms with van der Waals surface area (Å²) in [5, 5.41) is 3.21. The van der Waals surface area contributed by atoms with Gasteiger partial charge in [0.05, 0.1) is 6.04 Å². The number of halogens is 1. The van der Waals surface area contributed by atoms with Crippen molar-refractivity contribution in [2.45, 2.75) is 45.6 Å². The first kappa shape index (κ1) is 23.4. The van der Waals surface area contributed by atoms with Crippen molar-refractivity contribution in [2.75, 3.05) is 25.0 Å². The molecule has 0 aromatic heterocycles. The quantitative estimate of drug-likeness (QED) is 0.728. The maximum Gasteiger partial charge on any atom is 0.241 e. The first-order chi connectivity index (χ1) is 13.4. The molecule has 1 aliphatic heterocycles. The number of hydrogen-bond acceptors (Lipinski definition) is 3. The molecule has 158 valence electrons. The predicted molar refractivity (Wildman–Crippen MR) is 124 cm³/mol. The molecule has 1 aliphatic rings. The average molecular weight is 416 g/mol. The number of carbonyl (C=O) groups is 1. The van der Waals surface area contributed by atoms with E-state index in [4.69, 9.17) is 5.73 Å². The van der Waals surface area contributed by atoms with Crippen LogP contribution in [0.5, 0.6) is 0 Å². The number of nitrogens with one attached hydrogen (secondary N) is 1. The Morgan fingerprint density at radius 3 is 2.41 bits per heavy atom. The molecule has 1 fully saturated rings. The molecule has 0 aliphatic carbocycles. The number of nitrogens with two attached hydrogens (primary N) is 1. The Kier molecular flexibility index (Phi) is 8.26. The fraction of sp³-hybridized carbons (Fsp3) is 0.458. The van der Waals surface area contributed by atoms with Gasteiger partial charge in [0.2, 0.25) is 5.91 Å². The number of carbonyl (C=O) groups excluding carboxylic acids is 1.